The Hall–Kier alpha value is -2.04. The van der Waals surface area contributed by atoms with Crippen LogP contribution in [0.2, 0.25) is 10.0 Å². The molecule has 6 heteroatoms. The second-order valence-corrected chi connectivity index (χ2v) is 5.02. The number of para-hydroxylation sites is 2. The number of nitrogens with two attached hydrogens (primary N) is 1. The van der Waals surface area contributed by atoms with E-state index in [1.165, 1.54) is 0 Å². The van der Waals surface area contributed by atoms with Gasteiger partial charge < -0.3 is 5.73 Å². The number of imidazole rings is 1. The van der Waals surface area contributed by atoms with Crippen LogP contribution < -0.4 is 5.73 Å². The third-order valence-corrected chi connectivity index (χ3v) is 3.40. The molecule has 0 bridgehead atoms. The van der Waals surface area contributed by atoms with Gasteiger partial charge in [-0.05, 0) is 24.3 Å². The van der Waals surface area contributed by atoms with Gasteiger partial charge in [-0.25, -0.2) is 4.98 Å². The van der Waals surface area contributed by atoms with Crippen molar-refractivity contribution >= 4 is 46.4 Å². The van der Waals surface area contributed by atoms with Crippen molar-refractivity contribution < 1.29 is 0 Å². The maximum atomic E-state index is 6.10. The lowest BCUT2D eigenvalue weighted by Gasteiger charge is -2.00. The van der Waals surface area contributed by atoms with Gasteiger partial charge in [0.2, 0.25) is 5.95 Å². The molecule has 0 saturated heterocycles. The van der Waals surface area contributed by atoms with Crippen molar-refractivity contribution in [1.82, 2.24) is 9.66 Å². The molecule has 2 N–H and O–H groups in total. The third kappa shape index (κ3) is 2.35. The van der Waals surface area contributed by atoms with Crippen molar-refractivity contribution in [2.24, 2.45) is 5.10 Å². The molecule has 3 rings (SSSR count). The van der Waals surface area contributed by atoms with Crippen LogP contribution >= 0.6 is 23.2 Å². The highest BCUT2D eigenvalue weighted by Gasteiger charge is 2.06. The molecule has 4 nitrogen and oxygen atoms in total. The highest BCUT2D eigenvalue weighted by molar-refractivity contribution is 6.36. The van der Waals surface area contributed by atoms with Crippen molar-refractivity contribution in [2.75, 3.05) is 5.73 Å². The molecule has 0 aliphatic rings. The lowest BCUT2D eigenvalue weighted by Crippen LogP contribution is -1.98. The molecule has 0 saturated carbocycles. The van der Waals surface area contributed by atoms with E-state index in [0.29, 0.717) is 16.0 Å². The Balaban J connectivity index is 2.04. The summed E-state index contributed by atoms with van der Waals surface area (Å²) in [6.07, 6.45) is 1.63. The molecule has 0 atom stereocenters. The topological polar surface area (TPSA) is 56.2 Å². The largest absolute Gasteiger partial charge is 0.368 e. The van der Waals surface area contributed by atoms with Gasteiger partial charge in [0.1, 0.15) is 0 Å². The fraction of sp³-hybridized carbons (Fsp3) is 0. The zero-order valence-electron chi connectivity index (χ0n) is 10.3. The number of halogens is 2. The molecule has 3 aromatic rings. The molecule has 0 aliphatic heterocycles. The smallest absolute Gasteiger partial charge is 0.222 e. The lowest BCUT2D eigenvalue weighted by molar-refractivity contribution is 0.931. The predicted octanol–water partition coefficient (Wildman–Crippen LogP) is 3.81. The molecule has 0 amide bonds. The highest BCUT2D eigenvalue weighted by Crippen LogP contribution is 2.20. The highest BCUT2D eigenvalue weighted by atomic mass is 35.5. The standard InChI is InChI=1S/C14H10Cl2N4/c15-10-6-5-9(11(16)7-10)8-18-20-13-4-2-1-3-12(13)19-14(20)17/h1-8H,(H2,17,19)/b18-8+. The van der Waals surface area contributed by atoms with Gasteiger partial charge in [0.15, 0.2) is 0 Å². The van der Waals surface area contributed by atoms with E-state index in [-0.39, 0.29) is 0 Å². The van der Waals surface area contributed by atoms with Crippen LogP contribution in [0.1, 0.15) is 5.56 Å². The van der Waals surface area contributed by atoms with Gasteiger partial charge in [-0.3, -0.25) is 0 Å². The fourth-order valence-electron chi connectivity index (χ4n) is 1.88. The molecule has 0 fully saturated rings. The van der Waals surface area contributed by atoms with Crippen molar-refractivity contribution in [3.63, 3.8) is 0 Å². The molecule has 0 radical (unpaired) electrons. The molecule has 20 heavy (non-hydrogen) atoms. The number of rotatable bonds is 2. The number of hydrogen-bond acceptors (Lipinski definition) is 3. The Bertz CT molecular complexity index is 808. The molecule has 100 valence electrons. The second-order valence-electron chi connectivity index (χ2n) is 4.18. The normalized spacial score (nSPS) is 11.5. The summed E-state index contributed by atoms with van der Waals surface area (Å²) in [7, 11) is 0. The van der Waals surface area contributed by atoms with Crippen molar-refractivity contribution in [1.29, 1.82) is 0 Å². The Morgan fingerprint density at radius 2 is 1.95 bits per heavy atom. The number of hydrogen-bond donors (Lipinski definition) is 1. The Kier molecular flexibility index (Phi) is 3.34. The summed E-state index contributed by atoms with van der Waals surface area (Å²) in [5.41, 5.74) is 8.26. The summed E-state index contributed by atoms with van der Waals surface area (Å²) in [6.45, 7) is 0. The van der Waals surface area contributed by atoms with Gasteiger partial charge >= 0.3 is 0 Å². The summed E-state index contributed by atoms with van der Waals surface area (Å²) in [5.74, 6) is 0.326. The first-order valence-electron chi connectivity index (χ1n) is 5.87. The number of nitrogens with zero attached hydrogens (tertiary/aromatic N) is 3. The van der Waals surface area contributed by atoms with E-state index < -0.39 is 0 Å². The van der Waals surface area contributed by atoms with Gasteiger partial charge in [-0.1, -0.05) is 41.4 Å². The summed E-state index contributed by atoms with van der Waals surface area (Å²) in [5, 5.41) is 5.45. The zero-order valence-corrected chi connectivity index (χ0v) is 11.8. The van der Waals surface area contributed by atoms with Gasteiger partial charge in [0.05, 0.1) is 22.3 Å². The van der Waals surface area contributed by atoms with Crippen molar-refractivity contribution in [3.8, 4) is 0 Å². The first-order chi connectivity index (χ1) is 9.65. The minimum atomic E-state index is 0.326. The van der Waals surface area contributed by atoms with Gasteiger partial charge in [0, 0.05) is 10.6 Å². The second kappa shape index (κ2) is 5.15. The molecule has 0 aliphatic carbocycles. The van der Waals surface area contributed by atoms with E-state index in [9.17, 15) is 0 Å². The molecule has 1 heterocycles. The van der Waals surface area contributed by atoms with Crippen LogP contribution in [0.5, 0.6) is 0 Å². The van der Waals surface area contributed by atoms with E-state index in [4.69, 9.17) is 28.9 Å². The average Bonchev–Trinajstić information content (AvgIpc) is 2.74. The van der Waals surface area contributed by atoms with Crippen molar-refractivity contribution in [3.05, 3.63) is 58.1 Å². The van der Waals surface area contributed by atoms with Crippen LogP contribution in [-0.2, 0) is 0 Å². The summed E-state index contributed by atoms with van der Waals surface area (Å²) in [4.78, 5) is 4.23. The monoisotopic (exact) mass is 304 g/mol. The maximum Gasteiger partial charge on any atom is 0.222 e. The lowest BCUT2D eigenvalue weighted by atomic mass is 10.2. The first-order valence-corrected chi connectivity index (χ1v) is 6.63. The number of benzene rings is 2. The van der Waals surface area contributed by atoms with Gasteiger partial charge in [0.25, 0.3) is 0 Å². The number of nitrogen functional groups attached to an aromatic ring is 1. The molecule has 2 aromatic carbocycles. The Morgan fingerprint density at radius 1 is 1.15 bits per heavy atom. The predicted molar refractivity (Wildman–Crippen MR) is 83.6 cm³/mol. The van der Waals surface area contributed by atoms with E-state index in [1.807, 2.05) is 24.3 Å². The SMILES string of the molecule is Nc1nc2ccccc2n1/N=C/c1ccc(Cl)cc1Cl. The van der Waals surface area contributed by atoms with Crippen LogP contribution in [0.15, 0.2) is 47.6 Å². The number of fused-ring (bicyclic) bond motifs is 1. The Labute approximate surface area is 125 Å². The number of aromatic nitrogens is 2. The molecule has 0 unspecified atom stereocenters. The van der Waals surface area contributed by atoms with Gasteiger partial charge in [-0.2, -0.15) is 9.78 Å². The summed E-state index contributed by atoms with van der Waals surface area (Å²) < 4.78 is 1.57. The summed E-state index contributed by atoms with van der Waals surface area (Å²) >= 11 is 12.0. The molecular formula is C14H10Cl2N4. The quantitative estimate of drug-likeness (QED) is 0.732. The van der Waals surface area contributed by atoms with E-state index in [2.05, 4.69) is 10.1 Å². The van der Waals surface area contributed by atoms with E-state index in [0.717, 1.165) is 16.6 Å². The first kappa shape index (κ1) is 13.0. The van der Waals surface area contributed by atoms with Crippen molar-refractivity contribution in [2.45, 2.75) is 0 Å². The van der Waals surface area contributed by atoms with Crippen LogP contribution in [0.3, 0.4) is 0 Å². The molecular weight excluding hydrogens is 295 g/mol. The minimum Gasteiger partial charge on any atom is -0.368 e. The van der Waals surface area contributed by atoms with Gasteiger partial charge in [-0.15, -0.1) is 0 Å². The van der Waals surface area contributed by atoms with Crippen LogP contribution in [0, 0.1) is 0 Å². The average molecular weight is 305 g/mol. The third-order valence-electron chi connectivity index (χ3n) is 2.84. The summed E-state index contributed by atoms with van der Waals surface area (Å²) in [6, 6.07) is 12.8. The molecule has 0 spiro atoms. The number of anilines is 1. The molecule has 1 aromatic heterocycles. The van der Waals surface area contributed by atoms with Crippen LogP contribution in [0.4, 0.5) is 5.95 Å². The zero-order chi connectivity index (χ0) is 14.1. The Morgan fingerprint density at radius 3 is 2.75 bits per heavy atom. The van der Waals surface area contributed by atoms with E-state index >= 15 is 0 Å². The van der Waals surface area contributed by atoms with Crippen LogP contribution in [-0.4, -0.2) is 15.9 Å². The minimum absolute atomic E-state index is 0.326. The van der Waals surface area contributed by atoms with Crippen LogP contribution in [0.25, 0.3) is 11.0 Å². The van der Waals surface area contributed by atoms with E-state index in [1.54, 1.807) is 29.1 Å². The fourth-order valence-corrected chi connectivity index (χ4v) is 2.34. The maximum absolute atomic E-state index is 6.10.